The zero-order chi connectivity index (χ0) is 11.8. The number of ether oxygens (including phenoxy) is 1. The maximum Gasteiger partial charge on any atom is 0.190 e. The second-order valence-electron chi connectivity index (χ2n) is 3.26. The topological polar surface area (TPSA) is 45.6 Å². The smallest absolute Gasteiger partial charge is 0.190 e. The molecule has 0 aliphatic carbocycles. The van der Waals surface area contributed by atoms with Crippen molar-refractivity contribution in [2.75, 3.05) is 20.7 Å². The Morgan fingerprint density at radius 1 is 1.41 bits per heavy atom. The van der Waals surface area contributed by atoms with Crippen LogP contribution in [0.4, 0.5) is 0 Å². The highest BCUT2D eigenvalue weighted by molar-refractivity contribution is 8.93. The zero-order valence-corrected chi connectivity index (χ0v) is 12.2. The monoisotopic (exact) mass is 301 g/mol. The van der Waals surface area contributed by atoms with Crippen LogP contribution >= 0.6 is 17.0 Å². The van der Waals surface area contributed by atoms with Crippen molar-refractivity contribution in [2.24, 2.45) is 4.99 Å². The molecule has 0 heterocycles. The van der Waals surface area contributed by atoms with Crippen molar-refractivity contribution in [3.63, 3.8) is 0 Å². The molecular formula is C12H20BrN3O. The third-order valence-corrected chi connectivity index (χ3v) is 2.13. The minimum absolute atomic E-state index is 0. The molecule has 0 amide bonds. The lowest BCUT2D eigenvalue weighted by Gasteiger charge is -2.09. The molecule has 96 valence electrons. The number of rotatable bonds is 4. The predicted molar refractivity (Wildman–Crippen MR) is 77.2 cm³/mol. The van der Waals surface area contributed by atoms with Crippen LogP contribution in [0.3, 0.4) is 0 Å². The molecule has 0 bridgehead atoms. The van der Waals surface area contributed by atoms with E-state index in [4.69, 9.17) is 4.74 Å². The molecule has 0 saturated heterocycles. The fourth-order valence-corrected chi connectivity index (χ4v) is 1.38. The number of nitrogens with zero attached hydrogens (tertiary/aromatic N) is 1. The molecule has 0 aromatic heterocycles. The highest BCUT2D eigenvalue weighted by Gasteiger charge is 1.97. The highest BCUT2D eigenvalue weighted by Crippen LogP contribution is 2.12. The summed E-state index contributed by atoms with van der Waals surface area (Å²) in [7, 11) is 3.58. The number of hydrogen-bond donors (Lipinski definition) is 2. The van der Waals surface area contributed by atoms with Gasteiger partial charge in [-0.3, -0.25) is 4.99 Å². The van der Waals surface area contributed by atoms with Crippen LogP contribution in [0.15, 0.2) is 29.3 Å². The van der Waals surface area contributed by atoms with E-state index in [2.05, 4.69) is 21.7 Å². The Morgan fingerprint density at radius 2 is 2.18 bits per heavy atom. The molecule has 4 nitrogen and oxygen atoms in total. The summed E-state index contributed by atoms with van der Waals surface area (Å²) in [6, 6.07) is 8.03. The molecule has 5 heteroatoms. The van der Waals surface area contributed by atoms with Crippen molar-refractivity contribution < 1.29 is 4.74 Å². The van der Waals surface area contributed by atoms with Gasteiger partial charge in [-0.1, -0.05) is 12.1 Å². The van der Waals surface area contributed by atoms with Gasteiger partial charge in [-0.15, -0.1) is 17.0 Å². The van der Waals surface area contributed by atoms with Gasteiger partial charge in [-0.2, -0.15) is 0 Å². The van der Waals surface area contributed by atoms with Crippen molar-refractivity contribution in [3.8, 4) is 5.75 Å². The third-order valence-electron chi connectivity index (χ3n) is 2.13. The van der Waals surface area contributed by atoms with Gasteiger partial charge >= 0.3 is 0 Å². The van der Waals surface area contributed by atoms with Gasteiger partial charge in [-0.05, 0) is 24.6 Å². The first-order valence-corrected chi connectivity index (χ1v) is 5.40. The molecule has 17 heavy (non-hydrogen) atoms. The van der Waals surface area contributed by atoms with Gasteiger partial charge in [0, 0.05) is 20.6 Å². The number of halogens is 1. The molecule has 0 unspecified atom stereocenters. The Labute approximate surface area is 113 Å². The molecule has 0 spiro atoms. The number of benzene rings is 1. The second kappa shape index (κ2) is 8.87. The summed E-state index contributed by atoms with van der Waals surface area (Å²) in [6.45, 7) is 3.40. The Kier molecular flexibility index (Phi) is 8.23. The molecule has 1 rings (SSSR count). The highest BCUT2D eigenvalue weighted by atomic mass is 79.9. The minimum atomic E-state index is 0. The van der Waals surface area contributed by atoms with E-state index in [0.29, 0.717) is 6.61 Å². The van der Waals surface area contributed by atoms with Gasteiger partial charge < -0.3 is 15.4 Å². The zero-order valence-electron chi connectivity index (χ0n) is 10.5. The fourth-order valence-electron chi connectivity index (χ4n) is 1.38. The van der Waals surface area contributed by atoms with Crippen molar-refractivity contribution >= 4 is 22.9 Å². The number of nitrogens with one attached hydrogen (secondary N) is 2. The van der Waals surface area contributed by atoms with Crippen molar-refractivity contribution in [2.45, 2.75) is 13.5 Å². The summed E-state index contributed by atoms with van der Waals surface area (Å²) in [5, 5.41) is 6.16. The van der Waals surface area contributed by atoms with Gasteiger partial charge in [0.2, 0.25) is 0 Å². The summed E-state index contributed by atoms with van der Waals surface area (Å²) < 4.78 is 5.43. The number of aliphatic imine (C=N–C) groups is 1. The van der Waals surface area contributed by atoms with Crippen LogP contribution < -0.4 is 15.4 Å². The standard InChI is InChI=1S/C12H19N3O.BrH/c1-4-16-11-7-5-6-10(8-11)9-15-12(13-2)14-3;/h5-8H,4,9H2,1-3H3,(H2,13,14,15);1H. The van der Waals surface area contributed by atoms with Gasteiger partial charge in [0.05, 0.1) is 6.61 Å². The lowest BCUT2D eigenvalue weighted by molar-refractivity contribution is 0.340. The molecule has 0 fully saturated rings. The molecule has 0 aliphatic heterocycles. The first kappa shape index (κ1) is 15.8. The number of hydrogen-bond acceptors (Lipinski definition) is 2. The van der Waals surface area contributed by atoms with E-state index in [0.717, 1.165) is 18.3 Å². The van der Waals surface area contributed by atoms with E-state index < -0.39 is 0 Å². The van der Waals surface area contributed by atoms with Crippen molar-refractivity contribution in [1.82, 2.24) is 10.6 Å². The third kappa shape index (κ3) is 5.58. The normalized spacial score (nSPS) is 10.4. The molecule has 0 radical (unpaired) electrons. The lowest BCUT2D eigenvalue weighted by Crippen LogP contribution is -2.34. The maximum atomic E-state index is 5.43. The van der Waals surface area contributed by atoms with Crippen LogP contribution in [-0.4, -0.2) is 26.7 Å². The Hall–Kier alpha value is -1.23. The molecule has 2 N–H and O–H groups in total. The Morgan fingerprint density at radius 3 is 2.76 bits per heavy atom. The average Bonchev–Trinajstić information content (AvgIpc) is 2.31. The Balaban J connectivity index is 0.00000256. The summed E-state index contributed by atoms with van der Waals surface area (Å²) in [4.78, 5) is 4.04. The van der Waals surface area contributed by atoms with Gasteiger partial charge in [0.15, 0.2) is 5.96 Å². The maximum absolute atomic E-state index is 5.43. The predicted octanol–water partition coefficient (Wildman–Crippen LogP) is 1.96. The summed E-state index contributed by atoms with van der Waals surface area (Å²) in [5.74, 6) is 1.68. The van der Waals surface area contributed by atoms with E-state index >= 15 is 0 Å². The van der Waals surface area contributed by atoms with Gasteiger partial charge in [0.1, 0.15) is 5.75 Å². The van der Waals surface area contributed by atoms with Crippen molar-refractivity contribution in [3.05, 3.63) is 29.8 Å². The van der Waals surface area contributed by atoms with Crippen LogP contribution in [0.1, 0.15) is 12.5 Å². The van der Waals surface area contributed by atoms with Crippen LogP contribution in [0.2, 0.25) is 0 Å². The van der Waals surface area contributed by atoms with Crippen molar-refractivity contribution in [1.29, 1.82) is 0 Å². The van der Waals surface area contributed by atoms with E-state index in [1.807, 2.05) is 32.2 Å². The van der Waals surface area contributed by atoms with Crippen LogP contribution in [0.25, 0.3) is 0 Å². The van der Waals surface area contributed by atoms with Crippen LogP contribution in [0, 0.1) is 0 Å². The van der Waals surface area contributed by atoms with E-state index in [-0.39, 0.29) is 17.0 Å². The SMILES string of the molecule is Br.CCOc1cccc(CNC(=NC)NC)c1. The summed E-state index contributed by atoms with van der Waals surface area (Å²) >= 11 is 0. The minimum Gasteiger partial charge on any atom is -0.494 e. The lowest BCUT2D eigenvalue weighted by atomic mass is 10.2. The quantitative estimate of drug-likeness (QED) is 0.660. The fraction of sp³-hybridized carbons (Fsp3) is 0.417. The molecule has 0 atom stereocenters. The summed E-state index contributed by atoms with van der Waals surface area (Å²) in [6.07, 6.45) is 0. The Bertz CT molecular complexity index is 355. The molecule has 0 saturated carbocycles. The number of guanidine groups is 1. The largest absolute Gasteiger partial charge is 0.494 e. The molecule has 0 aliphatic rings. The van der Waals surface area contributed by atoms with Gasteiger partial charge in [0.25, 0.3) is 0 Å². The van der Waals surface area contributed by atoms with Gasteiger partial charge in [-0.25, -0.2) is 0 Å². The van der Waals surface area contributed by atoms with Crippen LogP contribution in [0.5, 0.6) is 5.75 Å². The van der Waals surface area contributed by atoms with Crippen LogP contribution in [-0.2, 0) is 6.54 Å². The van der Waals surface area contributed by atoms with E-state index in [9.17, 15) is 0 Å². The first-order chi connectivity index (χ1) is 7.80. The molecular weight excluding hydrogens is 282 g/mol. The molecule has 1 aromatic carbocycles. The van der Waals surface area contributed by atoms with E-state index in [1.54, 1.807) is 7.05 Å². The summed E-state index contributed by atoms with van der Waals surface area (Å²) in [5.41, 5.74) is 1.17. The second-order valence-corrected chi connectivity index (χ2v) is 3.26. The average molecular weight is 302 g/mol. The van der Waals surface area contributed by atoms with E-state index in [1.165, 1.54) is 5.56 Å². The first-order valence-electron chi connectivity index (χ1n) is 5.40. The molecule has 1 aromatic rings.